The summed E-state index contributed by atoms with van der Waals surface area (Å²) in [6.07, 6.45) is 118. The van der Waals surface area contributed by atoms with Crippen LogP contribution in [0.15, 0.2) is 0 Å². The van der Waals surface area contributed by atoms with Crippen LogP contribution in [0.5, 0.6) is 0 Å². The number of hydrogen-bond acceptors (Lipinski definition) is 0. The molecule has 0 aliphatic rings. The predicted octanol–water partition coefficient (Wildman–Crippen LogP) is 35.0. The van der Waals surface area contributed by atoms with Crippen molar-refractivity contribution >= 4 is 7.92 Å². The van der Waals surface area contributed by atoms with E-state index in [-0.39, 0.29) is 7.92 Å². The summed E-state index contributed by atoms with van der Waals surface area (Å²) in [6.45, 7) is 19.1. The maximum absolute atomic E-state index is 2.40. The largest absolute Gasteiger partial charge is 0.100 e. The SMILES string of the molecule is CCCCCCCCCCC(CCCCCCCC(CCCCCCCCCC)(CCCCCCCCCC)CCCCCCCCCC)C(CCCCCCCCCC)(CCCCCCCCCC)P(CCCCCCCCCC)CCCCCCCCCC. The first-order valence-electron chi connectivity index (χ1n) is 44.7. The summed E-state index contributed by atoms with van der Waals surface area (Å²) in [5, 5.41) is 0.628. The molecule has 0 saturated heterocycles. The Bertz CT molecular complexity index is 1190. The van der Waals surface area contributed by atoms with Gasteiger partial charge in [-0.3, -0.25) is 0 Å². The van der Waals surface area contributed by atoms with Gasteiger partial charge in [-0.1, -0.05) is 486 Å². The molecule has 0 heterocycles. The second-order valence-electron chi connectivity index (χ2n) is 31.9. The molecule has 0 aliphatic carbocycles. The van der Waals surface area contributed by atoms with Crippen molar-refractivity contribution in [2.24, 2.45) is 11.3 Å². The van der Waals surface area contributed by atoms with E-state index in [4.69, 9.17) is 0 Å². The van der Waals surface area contributed by atoms with Crippen LogP contribution in [0.1, 0.15) is 550 Å². The van der Waals surface area contributed by atoms with Crippen molar-refractivity contribution < 1.29 is 0 Å². The molecular formula is C90H183P. The zero-order valence-electron chi connectivity index (χ0n) is 65.9. The average molecular weight is 1300 g/mol. The second kappa shape index (κ2) is 76.2. The van der Waals surface area contributed by atoms with Gasteiger partial charge >= 0.3 is 0 Å². The highest BCUT2D eigenvalue weighted by molar-refractivity contribution is 7.59. The first-order valence-corrected chi connectivity index (χ1v) is 46.5. The van der Waals surface area contributed by atoms with Gasteiger partial charge in [-0.25, -0.2) is 0 Å². The fourth-order valence-electron chi connectivity index (χ4n) is 16.9. The van der Waals surface area contributed by atoms with Crippen LogP contribution in [0.2, 0.25) is 0 Å². The molecule has 0 aromatic carbocycles. The van der Waals surface area contributed by atoms with Crippen molar-refractivity contribution in [2.45, 2.75) is 555 Å². The predicted molar refractivity (Wildman–Crippen MR) is 426 cm³/mol. The van der Waals surface area contributed by atoms with Gasteiger partial charge in [0, 0.05) is 0 Å². The van der Waals surface area contributed by atoms with Crippen LogP contribution in [0, 0.1) is 11.3 Å². The number of hydrogen-bond donors (Lipinski definition) is 0. The molecule has 0 aliphatic heterocycles. The van der Waals surface area contributed by atoms with E-state index in [0.29, 0.717) is 10.6 Å². The summed E-state index contributed by atoms with van der Waals surface area (Å²) >= 11 is 0. The average Bonchev–Trinajstić information content (AvgIpc) is 0.890. The fraction of sp³-hybridized carbons (Fsp3) is 1.00. The molecule has 0 rings (SSSR count). The third kappa shape index (κ3) is 60.1. The first kappa shape index (κ1) is 91.4. The van der Waals surface area contributed by atoms with E-state index in [2.05, 4.69) is 55.4 Å². The molecule has 0 fully saturated rings. The minimum absolute atomic E-state index is 0.0133. The van der Waals surface area contributed by atoms with Crippen molar-refractivity contribution in [3.05, 3.63) is 0 Å². The summed E-state index contributed by atoms with van der Waals surface area (Å²) in [7, 11) is 0.0133. The number of unbranched alkanes of at least 4 members (excludes halogenated alkanes) is 60. The smallest absolute Gasteiger partial charge is 0.00662 e. The van der Waals surface area contributed by atoms with Crippen molar-refractivity contribution in [2.75, 3.05) is 12.3 Å². The van der Waals surface area contributed by atoms with Crippen LogP contribution in [0.25, 0.3) is 0 Å². The van der Waals surface area contributed by atoms with Gasteiger partial charge < -0.3 is 0 Å². The molecule has 0 N–H and O–H groups in total. The lowest BCUT2D eigenvalue weighted by Gasteiger charge is -2.49. The summed E-state index contributed by atoms with van der Waals surface area (Å²) < 4.78 is 0. The van der Waals surface area contributed by atoms with Gasteiger partial charge in [-0.15, -0.1) is 7.92 Å². The topological polar surface area (TPSA) is 0 Å². The van der Waals surface area contributed by atoms with Crippen LogP contribution < -0.4 is 0 Å². The summed E-state index contributed by atoms with van der Waals surface area (Å²) in [6, 6.07) is 0. The molecule has 1 atom stereocenters. The molecule has 0 amide bonds. The molecule has 0 aromatic heterocycles. The Labute approximate surface area is 583 Å². The molecule has 0 aromatic rings. The zero-order valence-corrected chi connectivity index (χ0v) is 66.8. The van der Waals surface area contributed by atoms with E-state index in [9.17, 15) is 0 Å². The van der Waals surface area contributed by atoms with E-state index in [1.165, 1.54) is 417 Å². The van der Waals surface area contributed by atoms with Gasteiger partial charge in [-0.2, -0.15) is 0 Å². The minimum atomic E-state index is 0.0133. The van der Waals surface area contributed by atoms with Gasteiger partial charge in [0.1, 0.15) is 0 Å². The third-order valence-electron chi connectivity index (χ3n) is 23.2. The zero-order chi connectivity index (χ0) is 66.0. The van der Waals surface area contributed by atoms with Crippen molar-refractivity contribution in [1.29, 1.82) is 0 Å². The van der Waals surface area contributed by atoms with Gasteiger partial charge in [0.2, 0.25) is 0 Å². The Morgan fingerprint density at radius 2 is 0.319 bits per heavy atom. The van der Waals surface area contributed by atoms with E-state index >= 15 is 0 Å². The van der Waals surface area contributed by atoms with Gasteiger partial charge in [0.25, 0.3) is 0 Å². The highest BCUT2D eigenvalue weighted by atomic mass is 31.1. The highest BCUT2D eigenvalue weighted by Crippen LogP contribution is 2.62. The molecule has 91 heavy (non-hydrogen) atoms. The van der Waals surface area contributed by atoms with Gasteiger partial charge in [-0.05, 0) is 93.0 Å². The van der Waals surface area contributed by atoms with E-state index in [0.717, 1.165) is 5.92 Å². The van der Waals surface area contributed by atoms with Crippen LogP contribution in [-0.4, -0.2) is 17.5 Å². The summed E-state index contributed by atoms with van der Waals surface area (Å²) in [5.74, 6) is 0.980. The monoisotopic (exact) mass is 1300 g/mol. The Kier molecular flexibility index (Phi) is 76.5. The van der Waals surface area contributed by atoms with Gasteiger partial charge in [0.05, 0.1) is 0 Å². The molecule has 1 unspecified atom stereocenters. The maximum Gasteiger partial charge on any atom is -0.00662 e. The molecular weight excluding hydrogens is 1110 g/mol. The van der Waals surface area contributed by atoms with Crippen molar-refractivity contribution in [1.82, 2.24) is 0 Å². The molecule has 1 heteroatoms. The molecule has 0 nitrogen and oxygen atoms in total. The number of rotatable bonds is 82. The minimum Gasteiger partial charge on any atom is -0.100 e. The van der Waals surface area contributed by atoms with Crippen LogP contribution >= 0.6 is 7.92 Å². The van der Waals surface area contributed by atoms with Gasteiger partial charge in [0.15, 0.2) is 0 Å². The van der Waals surface area contributed by atoms with E-state index < -0.39 is 0 Å². The van der Waals surface area contributed by atoms with Crippen molar-refractivity contribution in [3.63, 3.8) is 0 Å². The molecule has 0 saturated carbocycles. The Morgan fingerprint density at radius 1 is 0.165 bits per heavy atom. The second-order valence-corrected chi connectivity index (χ2v) is 34.8. The van der Waals surface area contributed by atoms with E-state index in [1.54, 1.807) is 89.4 Å². The maximum atomic E-state index is 2.40. The quantitative estimate of drug-likeness (QED) is 0.0421. The van der Waals surface area contributed by atoms with E-state index in [1.807, 2.05) is 0 Å². The van der Waals surface area contributed by atoms with Crippen LogP contribution in [0.3, 0.4) is 0 Å². The Balaban J connectivity index is 7.09. The molecule has 0 radical (unpaired) electrons. The molecule has 0 bridgehead atoms. The normalized spacial score (nSPS) is 12.6. The highest BCUT2D eigenvalue weighted by Gasteiger charge is 2.43. The lowest BCUT2D eigenvalue weighted by atomic mass is 9.70. The van der Waals surface area contributed by atoms with Crippen molar-refractivity contribution in [3.8, 4) is 0 Å². The summed E-state index contributed by atoms with van der Waals surface area (Å²) in [5.41, 5.74) is 0.625. The standard InChI is InChI=1S/C90H183P/c1-9-17-25-33-41-49-58-68-78-88(79-69-59-57-63-73-83-89(80-70-60-50-42-34-26-18-10-2,81-71-61-51-43-35-27-19-11-3)82-72-62-52-44-36-28-20-12-4)90(84-74-64-53-45-37-29-21-13-5,85-75-65-54-46-38-30-22-14-6)91(86-76-66-55-47-39-31-23-15-7)87-77-67-56-48-40-32-24-16-8/h88H,9-87H2,1-8H3. The Morgan fingerprint density at radius 3 is 0.516 bits per heavy atom. The summed E-state index contributed by atoms with van der Waals surface area (Å²) in [4.78, 5) is 0. The fourth-order valence-corrected chi connectivity index (χ4v) is 21.0. The van der Waals surface area contributed by atoms with Crippen LogP contribution in [-0.2, 0) is 0 Å². The third-order valence-corrected chi connectivity index (χ3v) is 27.0. The lowest BCUT2D eigenvalue weighted by molar-refractivity contribution is 0.171. The lowest BCUT2D eigenvalue weighted by Crippen LogP contribution is -2.38. The van der Waals surface area contributed by atoms with Crippen LogP contribution in [0.4, 0.5) is 0 Å². The molecule has 548 valence electrons. The molecule has 0 spiro atoms. The first-order chi connectivity index (χ1) is 45.0. The Hall–Kier alpha value is 0.430.